The van der Waals surface area contributed by atoms with E-state index in [1.807, 2.05) is 7.11 Å². The SMILES string of the molecule is C=CO[Si](OC)(C1CCC1)C1CCC1. The predicted octanol–water partition coefficient (Wildman–Crippen LogP) is 3.34. The fourth-order valence-electron chi connectivity index (χ4n) is 2.66. The van der Waals surface area contributed by atoms with Crippen molar-refractivity contribution in [3.05, 3.63) is 12.8 Å². The molecule has 0 aliphatic heterocycles. The average molecular weight is 212 g/mol. The van der Waals surface area contributed by atoms with E-state index < -0.39 is 8.56 Å². The van der Waals surface area contributed by atoms with E-state index in [2.05, 4.69) is 6.58 Å². The van der Waals surface area contributed by atoms with Gasteiger partial charge in [-0.15, -0.1) is 0 Å². The monoisotopic (exact) mass is 212 g/mol. The highest BCUT2D eigenvalue weighted by Crippen LogP contribution is 2.53. The van der Waals surface area contributed by atoms with E-state index in [4.69, 9.17) is 8.85 Å². The van der Waals surface area contributed by atoms with Crippen molar-refractivity contribution in [2.45, 2.75) is 49.6 Å². The second-order valence-corrected chi connectivity index (χ2v) is 8.19. The van der Waals surface area contributed by atoms with Gasteiger partial charge in [-0.25, -0.2) is 0 Å². The van der Waals surface area contributed by atoms with Crippen molar-refractivity contribution in [2.75, 3.05) is 7.11 Å². The minimum Gasteiger partial charge on any atom is -0.527 e. The summed E-state index contributed by atoms with van der Waals surface area (Å²) in [5.74, 6) is 0. The van der Waals surface area contributed by atoms with Crippen LogP contribution in [-0.2, 0) is 8.85 Å². The van der Waals surface area contributed by atoms with Crippen molar-refractivity contribution >= 4 is 8.56 Å². The van der Waals surface area contributed by atoms with E-state index >= 15 is 0 Å². The zero-order chi connectivity index (χ0) is 10.0. The Kier molecular flexibility index (Phi) is 2.98. The molecule has 0 amide bonds. The van der Waals surface area contributed by atoms with Gasteiger partial charge in [-0.1, -0.05) is 19.4 Å². The van der Waals surface area contributed by atoms with Crippen LogP contribution in [0.2, 0.25) is 11.1 Å². The highest BCUT2D eigenvalue weighted by atomic mass is 28.4. The molecule has 2 aliphatic carbocycles. The zero-order valence-corrected chi connectivity index (χ0v) is 10.00. The minimum absolute atomic E-state index is 0.732. The lowest BCUT2D eigenvalue weighted by Gasteiger charge is -2.47. The maximum absolute atomic E-state index is 5.87. The van der Waals surface area contributed by atoms with Crippen LogP contribution in [0, 0.1) is 0 Å². The van der Waals surface area contributed by atoms with Crippen LogP contribution in [-0.4, -0.2) is 15.7 Å². The molecule has 0 N–H and O–H groups in total. The first-order chi connectivity index (χ1) is 6.83. The Morgan fingerprint density at radius 2 is 1.64 bits per heavy atom. The molecule has 0 atom stereocenters. The van der Waals surface area contributed by atoms with Crippen LogP contribution in [0.3, 0.4) is 0 Å². The molecule has 0 aromatic heterocycles. The van der Waals surface area contributed by atoms with Gasteiger partial charge in [0.25, 0.3) is 0 Å². The molecule has 0 bridgehead atoms. The van der Waals surface area contributed by atoms with Crippen molar-refractivity contribution in [1.29, 1.82) is 0 Å². The molecular formula is C11H20O2Si. The molecule has 2 saturated carbocycles. The number of hydrogen-bond donors (Lipinski definition) is 0. The van der Waals surface area contributed by atoms with Crippen LogP contribution in [0.25, 0.3) is 0 Å². The molecule has 2 fully saturated rings. The first-order valence-electron chi connectivity index (χ1n) is 5.67. The van der Waals surface area contributed by atoms with E-state index in [1.165, 1.54) is 38.5 Å². The molecule has 0 spiro atoms. The second kappa shape index (κ2) is 4.07. The zero-order valence-electron chi connectivity index (χ0n) is 9.00. The lowest BCUT2D eigenvalue weighted by Crippen LogP contribution is -2.53. The fourth-order valence-corrected chi connectivity index (χ4v) is 7.16. The normalized spacial score (nSPS) is 23.8. The second-order valence-electron chi connectivity index (χ2n) is 4.47. The Bertz CT molecular complexity index is 195. The lowest BCUT2D eigenvalue weighted by atomic mass is 9.98. The van der Waals surface area contributed by atoms with Crippen molar-refractivity contribution in [3.63, 3.8) is 0 Å². The van der Waals surface area contributed by atoms with Crippen LogP contribution < -0.4 is 0 Å². The lowest BCUT2D eigenvalue weighted by molar-refractivity contribution is 0.197. The molecule has 0 heterocycles. The van der Waals surface area contributed by atoms with Gasteiger partial charge in [-0.05, 0) is 25.7 Å². The Labute approximate surface area is 87.5 Å². The van der Waals surface area contributed by atoms with E-state index in [9.17, 15) is 0 Å². The van der Waals surface area contributed by atoms with Gasteiger partial charge in [0, 0.05) is 18.2 Å². The van der Waals surface area contributed by atoms with Gasteiger partial charge in [0.05, 0.1) is 6.26 Å². The fraction of sp³-hybridized carbons (Fsp3) is 0.818. The quantitative estimate of drug-likeness (QED) is 0.514. The smallest absolute Gasteiger partial charge is 0.404 e. The predicted molar refractivity (Wildman–Crippen MR) is 59.2 cm³/mol. The van der Waals surface area contributed by atoms with Gasteiger partial charge >= 0.3 is 8.56 Å². The summed E-state index contributed by atoms with van der Waals surface area (Å²) in [6.45, 7) is 3.71. The minimum atomic E-state index is -1.92. The highest BCUT2D eigenvalue weighted by Gasteiger charge is 2.56. The molecule has 2 nitrogen and oxygen atoms in total. The molecule has 0 aromatic rings. The van der Waals surface area contributed by atoms with Crippen LogP contribution in [0.1, 0.15) is 38.5 Å². The Balaban J connectivity index is 2.10. The van der Waals surface area contributed by atoms with Crippen molar-refractivity contribution in [3.8, 4) is 0 Å². The maximum Gasteiger partial charge on any atom is 0.404 e. The van der Waals surface area contributed by atoms with Crippen molar-refractivity contribution < 1.29 is 8.85 Å². The van der Waals surface area contributed by atoms with Gasteiger partial charge in [0.15, 0.2) is 0 Å². The maximum atomic E-state index is 5.87. The Morgan fingerprint density at radius 3 is 1.86 bits per heavy atom. The summed E-state index contributed by atoms with van der Waals surface area (Å²) in [6.07, 6.45) is 9.57. The largest absolute Gasteiger partial charge is 0.527 e. The van der Waals surface area contributed by atoms with Gasteiger partial charge < -0.3 is 8.85 Å². The Morgan fingerprint density at radius 1 is 1.14 bits per heavy atom. The van der Waals surface area contributed by atoms with Crippen LogP contribution in [0.15, 0.2) is 12.8 Å². The van der Waals surface area contributed by atoms with Gasteiger partial charge in [0.1, 0.15) is 0 Å². The molecule has 0 saturated heterocycles. The standard InChI is InChI=1S/C11H20O2Si/c1-3-13-14(12-2,10-6-4-7-10)11-8-5-9-11/h3,10-11H,1,4-9H2,2H3. The third-order valence-corrected chi connectivity index (χ3v) is 8.54. The van der Waals surface area contributed by atoms with E-state index in [1.54, 1.807) is 6.26 Å². The molecule has 3 heteroatoms. The van der Waals surface area contributed by atoms with Gasteiger partial charge in [0.2, 0.25) is 0 Å². The molecule has 0 radical (unpaired) electrons. The average Bonchev–Trinajstić information content (AvgIpc) is 1.97. The van der Waals surface area contributed by atoms with E-state index in [0.29, 0.717) is 0 Å². The van der Waals surface area contributed by atoms with Crippen LogP contribution in [0.5, 0.6) is 0 Å². The van der Waals surface area contributed by atoms with Crippen LogP contribution >= 0.6 is 0 Å². The molecule has 0 aromatic carbocycles. The molecular weight excluding hydrogens is 192 g/mol. The van der Waals surface area contributed by atoms with Crippen LogP contribution in [0.4, 0.5) is 0 Å². The summed E-state index contributed by atoms with van der Waals surface area (Å²) < 4.78 is 11.7. The molecule has 2 rings (SSSR count). The summed E-state index contributed by atoms with van der Waals surface area (Å²) in [6, 6.07) is 0. The topological polar surface area (TPSA) is 18.5 Å². The number of hydrogen-bond acceptors (Lipinski definition) is 2. The summed E-state index contributed by atoms with van der Waals surface area (Å²) >= 11 is 0. The molecule has 80 valence electrons. The Hall–Kier alpha value is -0.283. The first-order valence-corrected chi connectivity index (χ1v) is 7.64. The van der Waals surface area contributed by atoms with Gasteiger partial charge in [-0.2, -0.15) is 0 Å². The third kappa shape index (κ3) is 1.43. The summed E-state index contributed by atoms with van der Waals surface area (Å²) in [7, 11) is -0.0811. The number of rotatable bonds is 5. The van der Waals surface area contributed by atoms with Crippen molar-refractivity contribution in [1.82, 2.24) is 0 Å². The summed E-state index contributed by atoms with van der Waals surface area (Å²) in [5, 5.41) is 0. The summed E-state index contributed by atoms with van der Waals surface area (Å²) in [5.41, 5.74) is 1.46. The molecule has 0 unspecified atom stereocenters. The van der Waals surface area contributed by atoms with E-state index in [0.717, 1.165) is 11.1 Å². The molecule has 14 heavy (non-hydrogen) atoms. The van der Waals surface area contributed by atoms with Crippen molar-refractivity contribution in [2.24, 2.45) is 0 Å². The first kappa shape index (κ1) is 10.2. The molecule has 2 aliphatic rings. The summed E-state index contributed by atoms with van der Waals surface area (Å²) in [4.78, 5) is 0. The highest BCUT2D eigenvalue weighted by molar-refractivity contribution is 6.71. The van der Waals surface area contributed by atoms with E-state index in [-0.39, 0.29) is 0 Å². The van der Waals surface area contributed by atoms with Gasteiger partial charge in [-0.3, -0.25) is 0 Å². The third-order valence-electron chi connectivity index (χ3n) is 3.93.